The van der Waals surface area contributed by atoms with Crippen molar-refractivity contribution in [2.75, 3.05) is 22.4 Å². The van der Waals surface area contributed by atoms with Gasteiger partial charge in [0.05, 0.1) is 11.9 Å². The minimum atomic E-state index is -3.61. The van der Waals surface area contributed by atoms with Gasteiger partial charge in [0.1, 0.15) is 6.54 Å². The molecule has 0 heterocycles. The Hall–Kier alpha value is -2.05. The fraction of sp³-hybridized carbons (Fsp3) is 0.278. The van der Waals surface area contributed by atoms with Gasteiger partial charge >= 0.3 is 0 Å². The molecule has 0 spiro atoms. The van der Waals surface area contributed by atoms with Crippen molar-refractivity contribution < 1.29 is 13.2 Å². The predicted octanol–water partition coefficient (Wildman–Crippen LogP) is 3.67. The predicted molar refractivity (Wildman–Crippen MR) is 103 cm³/mol. The highest BCUT2D eigenvalue weighted by molar-refractivity contribution is 7.92. The number of nitrogens with one attached hydrogen (secondary N) is 1. The van der Waals surface area contributed by atoms with Crippen LogP contribution in [0, 0.1) is 20.8 Å². The van der Waals surface area contributed by atoms with Crippen LogP contribution in [0.1, 0.15) is 16.7 Å². The number of amides is 1. The lowest BCUT2D eigenvalue weighted by molar-refractivity contribution is -0.114. The molecule has 7 heteroatoms. The quantitative estimate of drug-likeness (QED) is 0.860. The number of carbonyl (C=O) groups excluding carboxylic acids is 1. The largest absolute Gasteiger partial charge is 0.324 e. The normalized spacial score (nSPS) is 11.2. The molecular formula is C18H21ClN2O3S. The van der Waals surface area contributed by atoms with Gasteiger partial charge in [-0.25, -0.2) is 8.42 Å². The molecule has 1 N–H and O–H groups in total. The first kappa shape index (κ1) is 19.3. The van der Waals surface area contributed by atoms with E-state index >= 15 is 0 Å². The van der Waals surface area contributed by atoms with Gasteiger partial charge in [-0.1, -0.05) is 23.7 Å². The van der Waals surface area contributed by atoms with Crippen LogP contribution in [-0.2, 0) is 14.8 Å². The molecular weight excluding hydrogens is 360 g/mol. The lowest BCUT2D eigenvalue weighted by Gasteiger charge is -2.23. The molecule has 0 fully saturated rings. The van der Waals surface area contributed by atoms with E-state index in [0.29, 0.717) is 16.4 Å². The first-order valence-electron chi connectivity index (χ1n) is 7.69. The van der Waals surface area contributed by atoms with Crippen molar-refractivity contribution in [1.29, 1.82) is 0 Å². The van der Waals surface area contributed by atoms with Gasteiger partial charge in [0.2, 0.25) is 15.9 Å². The summed E-state index contributed by atoms with van der Waals surface area (Å²) in [6.45, 7) is 5.37. The number of rotatable bonds is 5. The van der Waals surface area contributed by atoms with Crippen molar-refractivity contribution in [3.05, 3.63) is 58.1 Å². The van der Waals surface area contributed by atoms with Gasteiger partial charge in [-0.15, -0.1) is 0 Å². The Bertz CT molecular complexity index is 911. The topological polar surface area (TPSA) is 66.5 Å². The number of sulfonamides is 1. The van der Waals surface area contributed by atoms with E-state index in [1.807, 2.05) is 26.8 Å². The molecule has 0 aromatic heterocycles. The second-order valence-electron chi connectivity index (χ2n) is 6.05. The zero-order valence-electron chi connectivity index (χ0n) is 14.6. The van der Waals surface area contributed by atoms with Crippen molar-refractivity contribution in [1.82, 2.24) is 0 Å². The summed E-state index contributed by atoms with van der Waals surface area (Å²) in [7, 11) is -3.61. The summed E-state index contributed by atoms with van der Waals surface area (Å²) in [5, 5.41) is 3.22. The molecule has 0 aliphatic carbocycles. The van der Waals surface area contributed by atoms with Crippen molar-refractivity contribution in [3.8, 4) is 0 Å². The number of nitrogens with zero attached hydrogens (tertiary/aromatic N) is 1. The van der Waals surface area contributed by atoms with Crippen molar-refractivity contribution in [2.45, 2.75) is 20.8 Å². The van der Waals surface area contributed by atoms with Gasteiger partial charge in [0.15, 0.2) is 0 Å². The highest BCUT2D eigenvalue weighted by atomic mass is 35.5. The van der Waals surface area contributed by atoms with Crippen LogP contribution >= 0.6 is 11.6 Å². The van der Waals surface area contributed by atoms with Crippen molar-refractivity contribution in [2.24, 2.45) is 0 Å². The van der Waals surface area contributed by atoms with Crippen LogP contribution in [0.5, 0.6) is 0 Å². The Labute approximate surface area is 153 Å². The third-order valence-corrected chi connectivity index (χ3v) is 5.32. The molecule has 25 heavy (non-hydrogen) atoms. The average Bonchev–Trinajstić information content (AvgIpc) is 2.50. The molecule has 0 bridgehead atoms. The van der Waals surface area contributed by atoms with Crippen molar-refractivity contribution >= 4 is 38.9 Å². The van der Waals surface area contributed by atoms with Crippen LogP contribution in [-0.4, -0.2) is 27.1 Å². The Morgan fingerprint density at radius 2 is 1.68 bits per heavy atom. The first-order valence-corrected chi connectivity index (χ1v) is 9.91. The number of benzene rings is 2. The molecule has 0 saturated carbocycles. The molecule has 2 aromatic rings. The van der Waals surface area contributed by atoms with E-state index < -0.39 is 15.9 Å². The minimum absolute atomic E-state index is 0.312. The monoisotopic (exact) mass is 380 g/mol. The molecule has 5 nitrogen and oxygen atoms in total. The van der Waals surface area contributed by atoms with E-state index in [4.69, 9.17) is 11.6 Å². The number of carbonyl (C=O) groups is 1. The lowest BCUT2D eigenvalue weighted by Crippen LogP contribution is -2.37. The lowest BCUT2D eigenvalue weighted by atomic mass is 10.1. The molecule has 0 saturated heterocycles. The van der Waals surface area contributed by atoms with Gasteiger partial charge in [-0.05, 0) is 61.7 Å². The smallest absolute Gasteiger partial charge is 0.245 e. The average molecular weight is 381 g/mol. The van der Waals surface area contributed by atoms with Crippen LogP contribution in [0.25, 0.3) is 0 Å². The Kier molecular flexibility index (Phi) is 5.75. The highest BCUT2D eigenvalue weighted by Crippen LogP contribution is 2.23. The molecule has 1 amide bonds. The maximum atomic E-state index is 12.4. The van der Waals surface area contributed by atoms with Crippen LogP contribution in [0.2, 0.25) is 5.02 Å². The second-order valence-corrected chi connectivity index (χ2v) is 8.39. The number of aryl methyl sites for hydroxylation is 3. The van der Waals surface area contributed by atoms with Gasteiger partial charge in [-0.3, -0.25) is 9.10 Å². The molecule has 2 rings (SSSR count). The van der Waals surface area contributed by atoms with Crippen LogP contribution < -0.4 is 9.62 Å². The SMILES string of the molecule is Cc1ccc(N(CC(=O)Nc2cc(Cl)ccc2C)S(C)(=O)=O)cc1C. The van der Waals surface area contributed by atoms with E-state index in [-0.39, 0.29) is 6.54 Å². The molecule has 0 unspecified atom stereocenters. The summed E-state index contributed by atoms with van der Waals surface area (Å²) in [5.41, 5.74) is 3.87. The summed E-state index contributed by atoms with van der Waals surface area (Å²) in [4.78, 5) is 12.4. The van der Waals surface area contributed by atoms with Crippen LogP contribution in [0.4, 0.5) is 11.4 Å². The zero-order valence-corrected chi connectivity index (χ0v) is 16.2. The second kappa shape index (κ2) is 7.45. The van der Waals surface area contributed by atoms with Crippen LogP contribution in [0.15, 0.2) is 36.4 Å². The number of hydrogen-bond acceptors (Lipinski definition) is 3. The van der Waals surface area contributed by atoms with E-state index in [9.17, 15) is 13.2 Å². The Balaban J connectivity index is 2.27. The first-order chi connectivity index (χ1) is 11.6. The maximum absolute atomic E-state index is 12.4. The number of halogens is 1. The molecule has 0 atom stereocenters. The fourth-order valence-electron chi connectivity index (χ4n) is 2.33. The van der Waals surface area contributed by atoms with Gasteiger partial charge in [0, 0.05) is 10.7 Å². The summed E-state index contributed by atoms with van der Waals surface area (Å²) >= 11 is 5.95. The third-order valence-electron chi connectivity index (χ3n) is 3.94. The number of anilines is 2. The van der Waals surface area contributed by atoms with Gasteiger partial charge in [0.25, 0.3) is 0 Å². The van der Waals surface area contributed by atoms with Gasteiger partial charge < -0.3 is 5.32 Å². The summed E-state index contributed by atoms with van der Waals surface area (Å²) in [6.07, 6.45) is 1.08. The highest BCUT2D eigenvalue weighted by Gasteiger charge is 2.21. The maximum Gasteiger partial charge on any atom is 0.245 e. The van der Waals surface area contributed by atoms with E-state index in [0.717, 1.165) is 27.3 Å². The van der Waals surface area contributed by atoms with Crippen LogP contribution in [0.3, 0.4) is 0 Å². The molecule has 2 aromatic carbocycles. The fourth-order valence-corrected chi connectivity index (χ4v) is 3.35. The summed E-state index contributed by atoms with van der Waals surface area (Å²) in [5.74, 6) is -0.436. The minimum Gasteiger partial charge on any atom is -0.324 e. The zero-order chi connectivity index (χ0) is 18.8. The molecule has 0 radical (unpaired) electrons. The molecule has 134 valence electrons. The summed E-state index contributed by atoms with van der Waals surface area (Å²) < 4.78 is 25.4. The summed E-state index contributed by atoms with van der Waals surface area (Å²) in [6, 6.07) is 10.4. The third kappa shape index (κ3) is 4.96. The van der Waals surface area contributed by atoms with Crippen molar-refractivity contribution in [3.63, 3.8) is 0 Å². The van der Waals surface area contributed by atoms with E-state index in [2.05, 4.69) is 5.32 Å². The molecule has 0 aliphatic heterocycles. The Morgan fingerprint density at radius 3 is 2.28 bits per heavy atom. The molecule has 0 aliphatic rings. The van der Waals surface area contributed by atoms with E-state index in [1.54, 1.807) is 30.3 Å². The number of hydrogen-bond donors (Lipinski definition) is 1. The van der Waals surface area contributed by atoms with Gasteiger partial charge in [-0.2, -0.15) is 0 Å². The Morgan fingerprint density at radius 1 is 1.04 bits per heavy atom. The standard InChI is InChI=1S/C18H21ClN2O3S/c1-12-6-8-16(9-14(12)3)21(25(4,23)24)11-18(22)20-17-10-15(19)7-5-13(17)2/h5-10H,11H2,1-4H3,(H,20,22). The van der Waals surface area contributed by atoms with E-state index in [1.165, 1.54) is 0 Å².